The van der Waals surface area contributed by atoms with Gasteiger partial charge in [-0.15, -0.1) is 0 Å². The summed E-state index contributed by atoms with van der Waals surface area (Å²) in [5.74, 6) is 1.38. The van der Waals surface area contributed by atoms with Gasteiger partial charge in [-0.1, -0.05) is 80.1 Å². The molecule has 4 aromatic rings. The fourth-order valence-corrected chi connectivity index (χ4v) is 5.14. The lowest BCUT2D eigenvalue weighted by atomic mass is 10.1. The van der Waals surface area contributed by atoms with E-state index >= 15 is 0 Å². The maximum Gasteiger partial charge on any atom is 0.647 e. The molecule has 4 rings (SSSR count). The molecule has 5 heteroatoms. The summed E-state index contributed by atoms with van der Waals surface area (Å²) in [4.78, 5) is 0. The van der Waals surface area contributed by atoms with Crippen molar-refractivity contribution in [3.05, 3.63) is 102 Å². The van der Waals surface area contributed by atoms with Crippen LogP contribution in [0.25, 0.3) is 10.8 Å². The Labute approximate surface area is 195 Å². The second-order valence-corrected chi connectivity index (χ2v) is 9.61. The number of hydrogen-bond acceptors (Lipinski definition) is 4. The van der Waals surface area contributed by atoms with Crippen molar-refractivity contribution in [3.63, 3.8) is 0 Å². The molecule has 1 atom stereocenters. The third-order valence-corrected chi connectivity index (χ3v) is 6.79. The summed E-state index contributed by atoms with van der Waals surface area (Å²) in [5, 5.41) is 1.82. The molecular formula is C28H29O4P. The number of phosphoric ester groups is 1. The van der Waals surface area contributed by atoms with E-state index in [9.17, 15) is 4.57 Å². The maximum absolute atomic E-state index is 14.1. The predicted molar refractivity (Wildman–Crippen MR) is 134 cm³/mol. The van der Waals surface area contributed by atoms with E-state index in [1.807, 2.05) is 92.7 Å². The topological polar surface area (TPSA) is 44.8 Å². The summed E-state index contributed by atoms with van der Waals surface area (Å²) >= 11 is 0. The fourth-order valence-electron chi connectivity index (χ4n) is 3.73. The highest BCUT2D eigenvalue weighted by molar-refractivity contribution is 7.49. The Morgan fingerprint density at radius 3 is 2.12 bits per heavy atom. The molecule has 0 heterocycles. The van der Waals surface area contributed by atoms with Gasteiger partial charge in [0.05, 0.1) is 0 Å². The SMILES string of the molecule is CCCCc1ccc(OP(=O)(Oc2c(C)cccc2C)Oc2cccc3ccccc23)cc1. The minimum Gasteiger partial charge on any atom is -0.386 e. The van der Waals surface area contributed by atoms with Crippen LogP contribution in [0.2, 0.25) is 0 Å². The summed E-state index contributed by atoms with van der Waals surface area (Å²) in [7, 11) is -4.08. The lowest BCUT2D eigenvalue weighted by molar-refractivity contribution is 0.298. The van der Waals surface area contributed by atoms with Crippen LogP contribution >= 0.6 is 7.82 Å². The van der Waals surface area contributed by atoms with Gasteiger partial charge in [0.1, 0.15) is 17.2 Å². The third kappa shape index (κ3) is 5.58. The Morgan fingerprint density at radius 2 is 1.39 bits per heavy atom. The van der Waals surface area contributed by atoms with Crippen LogP contribution in [0.4, 0.5) is 0 Å². The molecule has 0 saturated carbocycles. The molecule has 0 fully saturated rings. The normalized spacial score (nSPS) is 12.8. The van der Waals surface area contributed by atoms with E-state index < -0.39 is 7.82 Å². The third-order valence-electron chi connectivity index (χ3n) is 5.53. The molecule has 0 amide bonds. The molecule has 0 radical (unpaired) electrons. The number of aryl methyl sites for hydroxylation is 3. The van der Waals surface area contributed by atoms with Crippen LogP contribution in [0, 0.1) is 13.8 Å². The maximum atomic E-state index is 14.1. The summed E-state index contributed by atoms with van der Waals surface area (Å²) in [5.41, 5.74) is 2.93. The molecule has 4 nitrogen and oxygen atoms in total. The number of unbranched alkanes of at least 4 members (excludes halogenated alkanes) is 1. The Balaban J connectivity index is 1.69. The molecule has 0 aliphatic heterocycles. The fraction of sp³-hybridized carbons (Fsp3) is 0.214. The van der Waals surface area contributed by atoms with Gasteiger partial charge >= 0.3 is 7.82 Å². The van der Waals surface area contributed by atoms with Crippen LogP contribution in [-0.2, 0) is 11.0 Å². The monoisotopic (exact) mass is 460 g/mol. The zero-order valence-corrected chi connectivity index (χ0v) is 20.2. The molecule has 0 bridgehead atoms. The van der Waals surface area contributed by atoms with Crippen molar-refractivity contribution in [2.45, 2.75) is 40.0 Å². The zero-order valence-electron chi connectivity index (χ0n) is 19.3. The first-order valence-corrected chi connectivity index (χ1v) is 12.8. The van der Waals surface area contributed by atoms with Gasteiger partial charge in [0.25, 0.3) is 0 Å². The molecule has 0 aromatic heterocycles. The van der Waals surface area contributed by atoms with Crippen LogP contribution in [-0.4, -0.2) is 0 Å². The zero-order chi connectivity index (χ0) is 23.3. The predicted octanol–water partition coefficient (Wildman–Crippen LogP) is 8.44. The molecule has 33 heavy (non-hydrogen) atoms. The van der Waals surface area contributed by atoms with Crippen LogP contribution in [0.1, 0.15) is 36.5 Å². The van der Waals surface area contributed by atoms with Gasteiger partial charge in [-0.3, -0.25) is 0 Å². The van der Waals surface area contributed by atoms with Crippen LogP contribution in [0.5, 0.6) is 17.2 Å². The Hall–Kier alpha value is -3.23. The lowest BCUT2D eigenvalue weighted by Gasteiger charge is -2.22. The van der Waals surface area contributed by atoms with Gasteiger partial charge in [0.15, 0.2) is 0 Å². The van der Waals surface area contributed by atoms with Gasteiger partial charge in [-0.2, -0.15) is 4.57 Å². The van der Waals surface area contributed by atoms with Crippen molar-refractivity contribution < 1.29 is 18.1 Å². The molecule has 1 unspecified atom stereocenters. The average molecular weight is 461 g/mol. The second kappa shape index (κ2) is 10.1. The first kappa shape index (κ1) is 22.9. The Kier molecular flexibility index (Phi) is 7.05. The minimum absolute atomic E-state index is 0.435. The van der Waals surface area contributed by atoms with Crippen LogP contribution in [0.15, 0.2) is 84.9 Å². The van der Waals surface area contributed by atoms with E-state index in [1.165, 1.54) is 5.56 Å². The second-order valence-electron chi connectivity index (χ2n) is 8.17. The van der Waals surface area contributed by atoms with Crippen molar-refractivity contribution in [1.29, 1.82) is 0 Å². The van der Waals surface area contributed by atoms with E-state index in [0.717, 1.165) is 41.2 Å². The number of rotatable bonds is 9. The van der Waals surface area contributed by atoms with Gasteiger partial charge in [0, 0.05) is 5.39 Å². The summed E-state index contributed by atoms with van der Waals surface area (Å²) in [6.07, 6.45) is 3.26. The summed E-state index contributed by atoms with van der Waals surface area (Å²) < 4.78 is 32.1. The van der Waals surface area contributed by atoms with Gasteiger partial charge in [0.2, 0.25) is 0 Å². The van der Waals surface area contributed by atoms with E-state index in [1.54, 1.807) is 6.07 Å². The Bertz CT molecular complexity index is 1260. The first-order valence-electron chi connectivity index (χ1n) is 11.3. The number of fused-ring (bicyclic) bond motifs is 1. The van der Waals surface area contributed by atoms with Crippen LogP contribution in [0.3, 0.4) is 0 Å². The molecule has 0 aliphatic carbocycles. The minimum atomic E-state index is -4.08. The number of para-hydroxylation sites is 1. The Morgan fingerprint density at radius 1 is 0.727 bits per heavy atom. The molecule has 4 aromatic carbocycles. The summed E-state index contributed by atoms with van der Waals surface area (Å²) in [6, 6.07) is 26.8. The van der Waals surface area contributed by atoms with E-state index in [4.69, 9.17) is 13.6 Å². The van der Waals surface area contributed by atoms with Gasteiger partial charge < -0.3 is 13.6 Å². The van der Waals surface area contributed by atoms with Crippen molar-refractivity contribution in [3.8, 4) is 17.2 Å². The van der Waals surface area contributed by atoms with Crippen LogP contribution < -0.4 is 13.6 Å². The smallest absolute Gasteiger partial charge is 0.386 e. The molecule has 170 valence electrons. The van der Waals surface area contributed by atoms with Gasteiger partial charge in [-0.25, -0.2) is 0 Å². The molecular weight excluding hydrogens is 431 g/mol. The number of phosphoric acid groups is 1. The molecule has 0 spiro atoms. The quantitative estimate of drug-likeness (QED) is 0.235. The molecule has 0 saturated heterocycles. The highest BCUT2D eigenvalue weighted by atomic mass is 31.2. The largest absolute Gasteiger partial charge is 0.647 e. The highest BCUT2D eigenvalue weighted by Crippen LogP contribution is 2.52. The van der Waals surface area contributed by atoms with E-state index in [-0.39, 0.29) is 0 Å². The van der Waals surface area contributed by atoms with Gasteiger partial charge in [-0.05, 0) is 67.0 Å². The van der Waals surface area contributed by atoms with Crippen molar-refractivity contribution >= 4 is 18.6 Å². The first-order chi connectivity index (χ1) is 16.0. The molecule has 0 N–H and O–H groups in total. The summed E-state index contributed by atoms with van der Waals surface area (Å²) in [6.45, 7) is 5.99. The van der Waals surface area contributed by atoms with Crippen molar-refractivity contribution in [2.24, 2.45) is 0 Å². The molecule has 0 aliphatic rings. The van der Waals surface area contributed by atoms with Crippen molar-refractivity contribution in [2.75, 3.05) is 0 Å². The standard InChI is InChI=1S/C28H29O4P/c1-4-5-12-23-17-19-25(20-18-23)30-33(29,32-28-21(2)10-8-11-22(28)3)31-27-16-9-14-24-13-6-7-15-26(24)27/h6-11,13-20H,4-5,12H2,1-3H3. The van der Waals surface area contributed by atoms with E-state index in [0.29, 0.717) is 17.2 Å². The average Bonchev–Trinajstić information content (AvgIpc) is 2.81. The van der Waals surface area contributed by atoms with Crippen molar-refractivity contribution in [1.82, 2.24) is 0 Å². The number of hydrogen-bond donors (Lipinski definition) is 0. The number of benzene rings is 4. The lowest BCUT2D eigenvalue weighted by Crippen LogP contribution is -2.09. The highest BCUT2D eigenvalue weighted by Gasteiger charge is 2.34. The van der Waals surface area contributed by atoms with E-state index in [2.05, 4.69) is 6.92 Å².